The summed E-state index contributed by atoms with van der Waals surface area (Å²) in [5, 5.41) is 105. The van der Waals surface area contributed by atoms with Crippen molar-refractivity contribution < 1.29 is 102 Å². The molecular weight excluding hydrogens is 949 g/mol. The number of aryl methyl sites for hydroxylation is 1. The van der Waals surface area contributed by atoms with Gasteiger partial charge in [-0.3, -0.25) is 0 Å². The molecule has 0 spiro atoms. The van der Waals surface area contributed by atoms with Crippen LogP contribution in [-0.4, -0.2) is 197 Å². The molecule has 0 amide bonds. The predicted molar refractivity (Wildman–Crippen MR) is 235 cm³/mol. The van der Waals surface area contributed by atoms with Crippen molar-refractivity contribution in [1.82, 2.24) is 15.0 Å². The first-order valence-electron chi connectivity index (χ1n) is 23.6. The zero-order chi connectivity index (χ0) is 51.4. The minimum absolute atomic E-state index is 0.00502. The fraction of sp³-hybridized carbons (Fsp3) is 0.660. The van der Waals surface area contributed by atoms with Crippen molar-refractivity contribution in [3.05, 3.63) is 71.4 Å². The van der Waals surface area contributed by atoms with E-state index in [4.69, 9.17) is 37.9 Å². The lowest BCUT2D eigenvalue weighted by Crippen LogP contribution is -2.64. The van der Waals surface area contributed by atoms with Gasteiger partial charge >= 0.3 is 11.9 Å². The van der Waals surface area contributed by atoms with Gasteiger partial charge in [-0.25, -0.2) is 23.1 Å². The lowest BCUT2D eigenvalue weighted by Gasteiger charge is -2.48. The van der Waals surface area contributed by atoms with Gasteiger partial charge in [-0.1, -0.05) is 43.7 Å². The number of halogens is 2. The molecule has 1 aliphatic carbocycles. The SMILES string of the molecule is CCC[C@H](OC1C(OC(=O)c2ccccc2)[C@H](O[C@@H]2CC(CO[C@H]3OC(CO)[C@@H](O)C(n4cc(-c5cc(C)c(F)c(F)c5)nn4)C3O)CC(C)[C@H]2O[C@@H]2OC(C)[C@@H](O)[C@H](O)C2O)O[C@@H](CO)[C@@H]1O)C(=O)O. The summed E-state index contributed by atoms with van der Waals surface area (Å²) in [5.41, 5.74) is 0.328. The zero-order valence-corrected chi connectivity index (χ0v) is 39.3. The largest absolute Gasteiger partial charge is 0.479 e. The second-order valence-corrected chi connectivity index (χ2v) is 18.6. The van der Waals surface area contributed by atoms with Gasteiger partial charge in [0.15, 0.2) is 42.7 Å². The molecule has 0 bridgehead atoms. The Kier molecular flexibility index (Phi) is 18.3. The van der Waals surface area contributed by atoms with E-state index in [-0.39, 0.29) is 48.3 Å². The molecular formula is C47H63F2N3O19. The molecule has 9 N–H and O–H groups in total. The fourth-order valence-corrected chi connectivity index (χ4v) is 9.61. The van der Waals surface area contributed by atoms with Crippen LogP contribution in [0.1, 0.15) is 68.4 Å². The number of esters is 1. The topological polar surface area (TPSA) is 321 Å². The quantitative estimate of drug-likeness (QED) is 0.0764. The maximum absolute atomic E-state index is 14.3. The number of hydrogen-bond donors (Lipinski definition) is 9. The first kappa shape index (κ1) is 54.6. The summed E-state index contributed by atoms with van der Waals surface area (Å²) in [4.78, 5) is 26.1. The van der Waals surface area contributed by atoms with Crippen molar-refractivity contribution in [3.8, 4) is 11.3 Å². The summed E-state index contributed by atoms with van der Waals surface area (Å²) in [6, 6.07) is 8.67. The molecule has 20 atom stereocenters. The van der Waals surface area contributed by atoms with Gasteiger partial charge in [-0.2, -0.15) is 0 Å². The molecule has 0 radical (unpaired) electrons. The lowest BCUT2D eigenvalue weighted by atomic mass is 9.78. The molecule has 24 heteroatoms. The Hall–Kier alpha value is -4.22. The fourth-order valence-electron chi connectivity index (χ4n) is 9.61. The molecule has 4 aliphatic rings. The van der Waals surface area contributed by atoms with Crippen LogP contribution >= 0.6 is 0 Å². The Balaban J connectivity index is 1.17. The first-order chi connectivity index (χ1) is 33.8. The molecule has 71 heavy (non-hydrogen) atoms. The van der Waals surface area contributed by atoms with Crippen molar-refractivity contribution >= 4 is 11.9 Å². The van der Waals surface area contributed by atoms with Crippen LogP contribution in [-0.2, 0) is 42.7 Å². The molecule has 3 aliphatic heterocycles. The molecule has 9 unspecified atom stereocenters. The normalized spacial score (nSPS) is 37.1. The number of carbonyl (C=O) groups excluding carboxylic acids is 1. The Bertz CT molecular complexity index is 2210. The second-order valence-electron chi connectivity index (χ2n) is 18.6. The number of carboxylic acids is 1. The Labute approximate surface area is 406 Å². The van der Waals surface area contributed by atoms with Crippen LogP contribution in [0.3, 0.4) is 0 Å². The third-order valence-electron chi connectivity index (χ3n) is 13.5. The summed E-state index contributed by atoms with van der Waals surface area (Å²) in [6.07, 6.45) is -23.6. The maximum atomic E-state index is 14.3. The average molecular weight is 1010 g/mol. The van der Waals surface area contributed by atoms with Gasteiger partial charge in [0.1, 0.15) is 66.7 Å². The first-order valence-corrected chi connectivity index (χ1v) is 23.6. The summed E-state index contributed by atoms with van der Waals surface area (Å²) in [6.45, 7) is 4.58. The van der Waals surface area contributed by atoms with Gasteiger partial charge in [0.25, 0.3) is 0 Å². The van der Waals surface area contributed by atoms with E-state index in [0.717, 1.165) is 10.7 Å². The van der Waals surface area contributed by atoms with E-state index >= 15 is 0 Å². The van der Waals surface area contributed by atoms with E-state index in [0.29, 0.717) is 6.42 Å². The molecule has 22 nitrogen and oxygen atoms in total. The van der Waals surface area contributed by atoms with E-state index in [1.165, 1.54) is 38.2 Å². The van der Waals surface area contributed by atoms with Crippen LogP contribution in [0, 0.1) is 30.4 Å². The highest BCUT2D eigenvalue weighted by Gasteiger charge is 2.54. The number of aliphatic hydroxyl groups is 8. The molecule has 3 aromatic rings. The van der Waals surface area contributed by atoms with Crippen molar-refractivity contribution in [2.24, 2.45) is 11.8 Å². The second kappa shape index (κ2) is 23.8. The number of aromatic nitrogens is 3. The van der Waals surface area contributed by atoms with Crippen LogP contribution in [0.5, 0.6) is 0 Å². The number of nitrogens with zero attached hydrogens (tertiary/aromatic N) is 3. The van der Waals surface area contributed by atoms with Crippen molar-refractivity contribution in [2.45, 2.75) is 164 Å². The van der Waals surface area contributed by atoms with Gasteiger partial charge in [-0.05, 0) is 74.8 Å². The van der Waals surface area contributed by atoms with E-state index < -0.39 is 159 Å². The van der Waals surface area contributed by atoms with Crippen LogP contribution in [0.25, 0.3) is 11.3 Å². The number of rotatable bonds is 18. The standard InChI is InChI=1S/C47H63F2N3O19/c1-5-9-28(43(61)62)66-41-36(57)31(18-54)69-47(42(41)70-44(63)24-10-7-6-8-11-24)67-29-14-23(12-21(3)40(29)71-46-39(60)38(59)34(55)22(4)65-46)19-64-45-37(58)33(35(56)30(17-53)68-45)52-16-27(50-51-52)25-13-20(2)32(49)26(48)15-25/h6-8,10-11,13,15-16,21-23,28-31,33-42,45-47,53-60H,5,9,12,14,17-19H2,1-4H3,(H,61,62)/t21?,22?,23?,28-,29+,30?,31-,33?,34+,35+,36-,37?,38-,39?,40+,41?,42?,45-,46-,47+/m0/s1. The summed E-state index contributed by atoms with van der Waals surface area (Å²) in [5.74, 6) is -5.53. The van der Waals surface area contributed by atoms with Crippen LogP contribution in [0.4, 0.5) is 8.78 Å². The van der Waals surface area contributed by atoms with E-state index in [1.54, 1.807) is 32.0 Å². The number of ether oxygens (including phenoxy) is 8. The third-order valence-corrected chi connectivity index (χ3v) is 13.5. The van der Waals surface area contributed by atoms with Crippen molar-refractivity contribution in [1.29, 1.82) is 0 Å². The van der Waals surface area contributed by atoms with Gasteiger partial charge in [0, 0.05) is 5.56 Å². The molecule has 4 fully saturated rings. The Morgan fingerprint density at radius 3 is 2.17 bits per heavy atom. The predicted octanol–water partition coefficient (Wildman–Crippen LogP) is 0.115. The van der Waals surface area contributed by atoms with Gasteiger partial charge < -0.3 is 83.9 Å². The maximum Gasteiger partial charge on any atom is 0.338 e. The average Bonchev–Trinajstić information content (AvgIpc) is 3.83. The highest BCUT2D eigenvalue weighted by Crippen LogP contribution is 2.40. The summed E-state index contributed by atoms with van der Waals surface area (Å²) in [7, 11) is 0. The number of benzene rings is 2. The smallest absolute Gasteiger partial charge is 0.338 e. The van der Waals surface area contributed by atoms with Crippen molar-refractivity contribution in [2.75, 3.05) is 19.8 Å². The van der Waals surface area contributed by atoms with Gasteiger partial charge in [-0.15, -0.1) is 5.10 Å². The molecule has 7 rings (SSSR count). The van der Waals surface area contributed by atoms with E-state index in [2.05, 4.69) is 10.3 Å². The lowest BCUT2D eigenvalue weighted by molar-refractivity contribution is -0.350. The highest BCUT2D eigenvalue weighted by molar-refractivity contribution is 5.89. The van der Waals surface area contributed by atoms with Gasteiger partial charge in [0.05, 0.1) is 49.9 Å². The number of hydrogen-bond acceptors (Lipinski definition) is 20. The summed E-state index contributed by atoms with van der Waals surface area (Å²) >= 11 is 0. The zero-order valence-electron chi connectivity index (χ0n) is 39.3. The Morgan fingerprint density at radius 1 is 0.817 bits per heavy atom. The van der Waals surface area contributed by atoms with Crippen LogP contribution in [0.15, 0.2) is 48.7 Å². The molecule has 3 saturated heterocycles. The van der Waals surface area contributed by atoms with Crippen molar-refractivity contribution in [3.63, 3.8) is 0 Å². The molecule has 394 valence electrons. The van der Waals surface area contributed by atoms with Crippen LogP contribution in [0.2, 0.25) is 0 Å². The minimum atomic E-state index is -1.75. The third kappa shape index (κ3) is 12.1. The van der Waals surface area contributed by atoms with E-state index in [9.17, 15) is 64.3 Å². The highest BCUT2D eigenvalue weighted by atomic mass is 19.2. The minimum Gasteiger partial charge on any atom is -0.479 e. The number of aliphatic carboxylic acids is 1. The molecule has 2 aromatic carbocycles. The van der Waals surface area contributed by atoms with E-state index in [1.807, 2.05) is 0 Å². The number of carboxylic acid groups (broad SMARTS) is 1. The molecule has 4 heterocycles. The number of aliphatic hydroxyl groups excluding tert-OH is 8. The Morgan fingerprint density at radius 2 is 1.51 bits per heavy atom. The summed E-state index contributed by atoms with van der Waals surface area (Å²) < 4.78 is 78.4. The van der Waals surface area contributed by atoms with Crippen LogP contribution < -0.4 is 0 Å². The van der Waals surface area contributed by atoms with Gasteiger partial charge in [0.2, 0.25) is 0 Å². The monoisotopic (exact) mass is 1010 g/mol. The number of carbonyl (C=O) groups is 2. The molecule has 1 saturated carbocycles. The molecule has 1 aromatic heterocycles.